The maximum atomic E-state index is 13.2. The van der Waals surface area contributed by atoms with Crippen molar-refractivity contribution in [3.63, 3.8) is 0 Å². The summed E-state index contributed by atoms with van der Waals surface area (Å²) in [5.41, 5.74) is -2.89. The van der Waals surface area contributed by atoms with Crippen LogP contribution >= 0.6 is 0 Å². The lowest BCUT2D eigenvalue weighted by atomic mass is 9.93. The maximum absolute atomic E-state index is 13.2. The Morgan fingerprint density at radius 2 is 1.59 bits per heavy atom. The molecule has 27 heavy (non-hydrogen) atoms. The zero-order valence-electron chi connectivity index (χ0n) is 15.5. The first-order chi connectivity index (χ1) is 12.2. The number of rotatable bonds is 7. The zero-order chi connectivity index (χ0) is 21.0. The molecule has 0 unspecified atom stereocenters. The number of carbonyl (C=O) groups is 3. The summed E-state index contributed by atoms with van der Waals surface area (Å²) in [6.07, 6.45) is -1.32. The Morgan fingerprint density at radius 1 is 1.07 bits per heavy atom. The van der Waals surface area contributed by atoms with Crippen LogP contribution in [-0.4, -0.2) is 34.1 Å². The molecule has 2 N–H and O–H groups in total. The van der Waals surface area contributed by atoms with Crippen molar-refractivity contribution >= 4 is 17.8 Å². The van der Waals surface area contributed by atoms with Gasteiger partial charge in [0.05, 0.1) is 0 Å². The van der Waals surface area contributed by atoms with E-state index in [4.69, 9.17) is 4.74 Å². The molecule has 0 radical (unpaired) electrons. The Balaban J connectivity index is 2.73. The molecule has 0 heterocycles. The number of alkyl carbamates (subject to hydrolysis) is 1. The molecule has 1 aromatic carbocycles. The summed E-state index contributed by atoms with van der Waals surface area (Å²) in [7, 11) is 0. The van der Waals surface area contributed by atoms with Crippen LogP contribution in [0.25, 0.3) is 0 Å². The van der Waals surface area contributed by atoms with Gasteiger partial charge < -0.3 is 15.2 Å². The third-order valence-corrected chi connectivity index (χ3v) is 3.64. The van der Waals surface area contributed by atoms with E-state index in [9.17, 15) is 32.7 Å². The molecule has 0 bridgehead atoms. The molecular weight excluding hydrogens is 367 g/mol. The van der Waals surface area contributed by atoms with E-state index in [1.807, 2.05) is 0 Å². The highest BCUT2D eigenvalue weighted by Gasteiger charge is 2.36. The van der Waals surface area contributed by atoms with Gasteiger partial charge in [-0.3, -0.25) is 4.79 Å². The highest BCUT2D eigenvalue weighted by Crippen LogP contribution is 2.19. The van der Waals surface area contributed by atoms with E-state index in [0.29, 0.717) is 12.1 Å². The van der Waals surface area contributed by atoms with Crippen molar-refractivity contribution in [3.8, 4) is 0 Å². The van der Waals surface area contributed by atoms with Crippen molar-refractivity contribution in [2.75, 3.05) is 0 Å². The van der Waals surface area contributed by atoms with E-state index in [-0.39, 0.29) is 24.8 Å². The summed E-state index contributed by atoms with van der Waals surface area (Å²) in [5.74, 6) is -6.66. The van der Waals surface area contributed by atoms with Gasteiger partial charge in [0.1, 0.15) is 11.1 Å². The third kappa shape index (κ3) is 6.58. The number of carbonyl (C=O) groups excluding carboxylic acids is 2. The Hall–Kier alpha value is -2.58. The van der Waals surface area contributed by atoms with Crippen LogP contribution in [0, 0.1) is 17.5 Å². The summed E-state index contributed by atoms with van der Waals surface area (Å²) in [5, 5.41) is 11.6. The first-order valence-corrected chi connectivity index (χ1v) is 8.17. The van der Waals surface area contributed by atoms with Crippen molar-refractivity contribution in [1.29, 1.82) is 0 Å². The molecule has 0 aliphatic heterocycles. The van der Waals surface area contributed by atoms with Gasteiger partial charge in [0, 0.05) is 12.0 Å². The van der Waals surface area contributed by atoms with Gasteiger partial charge in [0.2, 0.25) is 0 Å². The minimum absolute atomic E-state index is 0.00194. The minimum atomic E-state index is -1.71. The van der Waals surface area contributed by atoms with Gasteiger partial charge in [0.15, 0.2) is 23.2 Å². The molecule has 0 fully saturated rings. The Morgan fingerprint density at radius 3 is 2.04 bits per heavy atom. The smallest absolute Gasteiger partial charge is 0.408 e. The second-order valence-corrected chi connectivity index (χ2v) is 7.29. The first kappa shape index (κ1) is 22.5. The largest absolute Gasteiger partial charge is 0.480 e. The van der Waals surface area contributed by atoms with Crippen molar-refractivity contribution < 1.29 is 37.4 Å². The van der Waals surface area contributed by atoms with E-state index in [1.54, 1.807) is 20.8 Å². The van der Waals surface area contributed by atoms with Gasteiger partial charge >= 0.3 is 12.1 Å². The molecule has 1 atom stereocenters. The highest BCUT2D eigenvalue weighted by molar-refractivity contribution is 5.96. The van der Waals surface area contributed by atoms with Crippen molar-refractivity contribution in [2.24, 2.45) is 0 Å². The van der Waals surface area contributed by atoms with Crippen LogP contribution in [0.4, 0.5) is 18.0 Å². The van der Waals surface area contributed by atoms with Gasteiger partial charge in [-0.15, -0.1) is 0 Å². The summed E-state index contributed by atoms with van der Waals surface area (Å²) in [6, 6.07) is 1.16. The number of halogens is 3. The van der Waals surface area contributed by atoms with E-state index >= 15 is 0 Å². The average Bonchev–Trinajstić information content (AvgIpc) is 2.49. The normalized spacial score (nSPS) is 13.6. The molecule has 1 aromatic rings. The lowest BCUT2D eigenvalue weighted by Gasteiger charge is -2.28. The second kappa shape index (κ2) is 8.41. The van der Waals surface area contributed by atoms with Crippen LogP contribution in [-0.2, 0) is 9.53 Å². The number of carboxylic acid groups (broad SMARTS) is 1. The van der Waals surface area contributed by atoms with E-state index in [2.05, 4.69) is 5.32 Å². The lowest BCUT2D eigenvalue weighted by molar-refractivity contribution is -0.144. The van der Waals surface area contributed by atoms with Crippen LogP contribution < -0.4 is 5.32 Å². The lowest BCUT2D eigenvalue weighted by Crippen LogP contribution is -2.53. The fourth-order valence-electron chi connectivity index (χ4n) is 2.22. The topological polar surface area (TPSA) is 92.7 Å². The number of benzene rings is 1. The van der Waals surface area contributed by atoms with E-state index < -0.39 is 46.4 Å². The number of hydrogen-bond acceptors (Lipinski definition) is 4. The predicted molar refractivity (Wildman–Crippen MR) is 89.9 cm³/mol. The third-order valence-electron chi connectivity index (χ3n) is 3.64. The number of Topliss-reactive ketones (excluding diaryl/α,β-unsaturated/α-hetero) is 1. The van der Waals surface area contributed by atoms with Crippen molar-refractivity contribution in [3.05, 3.63) is 35.1 Å². The molecule has 1 amide bonds. The number of hydrogen-bond donors (Lipinski definition) is 2. The maximum Gasteiger partial charge on any atom is 0.408 e. The molecule has 150 valence electrons. The molecule has 0 aliphatic rings. The van der Waals surface area contributed by atoms with E-state index in [0.717, 1.165) is 0 Å². The Labute approximate surface area is 154 Å². The Kier molecular flexibility index (Phi) is 6.99. The number of carboxylic acids is 1. The number of ether oxygens (including phenoxy) is 1. The van der Waals surface area contributed by atoms with Gasteiger partial charge in [-0.25, -0.2) is 22.8 Å². The van der Waals surface area contributed by atoms with Gasteiger partial charge in [0.25, 0.3) is 0 Å². The van der Waals surface area contributed by atoms with Crippen LogP contribution in [0.5, 0.6) is 0 Å². The number of nitrogens with one attached hydrogen (secondary N) is 1. The standard InChI is InChI=1S/C18H22F3NO5/c1-17(2,3)27-16(26)22-18(4,15(24)25)7-5-6-13(23)10-8-11(19)14(21)12(20)9-10/h8-9H,5-7H2,1-4H3,(H,22,26)(H,24,25)/t18-/m1/s1. The van der Waals surface area contributed by atoms with Crippen LogP contribution in [0.2, 0.25) is 0 Å². The van der Waals surface area contributed by atoms with E-state index in [1.165, 1.54) is 6.92 Å². The SMILES string of the molecule is CC(C)(C)OC(=O)N[C@](C)(CCCC(=O)c1cc(F)c(F)c(F)c1)C(=O)O. The second-order valence-electron chi connectivity index (χ2n) is 7.29. The summed E-state index contributed by atoms with van der Waals surface area (Å²) in [4.78, 5) is 35.3. The average molecular weight is 389 g/mol. The molecule has 0 aromatic heterocycles. The fraction of sp³-hybridized carbons (Fsp3) is 0.500. The fourth-order valence-corrected chi connectivity index (χ4v) is 2.22. The summed E-state index contributed by atoms with van der Waals surface area (Å²) < 4.78 is 44.3. The monoisotopic (exact) mass is 389 g/mol. The minimum Gasteiger partial charge on any atom is -0.480 e. The molecule has 0 spiro atoms. The highest BCUT2D eigenvalue weighted by atomic mass is 19.2. The van der Waals surface area contributed by atoms with Crippen molar-refractivity contribution in [1.82, 2.24) is 5.32 Å². The van der Waals surface area contributed by atoms with Crippen LogP contribution in [0.1, 0.15) is 57.3 Å². The molecule has 0 saturated carbocycles. The van der Waals surface area contributed by atoms with Crippen molar-refractivity contribution in [2.45, 2.75) is 58.1 Å². The number of ketones is 1. The van der Waals surface area contributed by atoms with Crippen LogP contribution in [0.15, 0.2) is 12.1 Å². The number of amides is 1. The molecule has 0 aliphatic carbocycles. The summed E-state index contributed by atoms with van der Waals surface area (Å²) >= 11 is 0. The molecule has 1 rings (SSSR count). The van der Waals surface area contributed by atoms with Gasteiger partial charge in [-0.05, 0) is 52.7 Å². The van der Waals surface area contributed by atoms with Gasteiger partial charge in [-0.2, -0.15) is 0 Å². The molecule has 0 saturated heterocycles. The molecule has 9 heteroatoms. The van der Waals surface area contributed by atoms with Gasteiger partial charge in [-0.1, -0.05) is 0 Å². The molecule has 6 nitrogen and oxygen atoms in total. The number of aliphatic carboxylic acids is 1. The first-order valence-electron chi connectivity index (χ1n) is 8.17. The zero-order valence-corrected chi connectivity index (χ0v) is 15.5. The predicted octanol–water partition coefficient (Wildman–Crippen LogP) is 3.82. The summed E-state index contributed by atoms with van der Waals surface area (Å²) in [6.45, 7) is 6.10. The molecular formula is C18H22F3NO5. The quantitative estimate of drug-likeness (QED) is 0.546. The Bertz CT molecular complexity index is 722. The van der Waals surface area contributed by atoms with Crippen LogP contribution in [0.3, 0.4) is 0 Å².